The molecular formula is C11H18O. The molecule has 0 saturated carbocycles. The van der Waals surface area contributed by atoms with E-state index in [0.717, 1.165) is 0 Å². The molecule has 0 aliphatic rings. The first-order valence-electron chi connectivity index (χ1n) is 4.20. The molecular weight excluding hydrogens is 148 g/mol. The van der Waals surface area contributed by atoms with E-state index in [1.807, 2.05) is 39.8 Å². The van der Waals surface area contributed by atoms with Crippen molar-refractivity contribution in [1.82, 2.24) is 0 Å². The van der Waals surface area contributed by atoms with Gasteiger partial charge in [0.2, 0.25) is 0 Å². The lowest BCUT2D eigenvalue weighted by atomic mass is 9.81. The van der Waals surface area contributed by atoms with Crippen molar-refractivity contribution in [2.45, 2.75) is 33.8 Å². The third-order valence-electron chi connectivity index (χ3n) is 1.82. The van der Waals surface area contributed by atoms with Crippen molar-refractivity contribution in [3.05, 3.63) is 12.2 Å². The monoisotopic (exact) mass is 166 g/mol. The number of rotatable bonds is 2. The maximum atomic E-state index is 9.78. The van der Waals surface area contributed by atoms with Gasteiger partial charge in [-0.1, -0.05) is 38.8 Å². The zero-order chi connectivity index (χ0) is 9.78. The molecule has 0 aromatic heterocycles. The summed E-state index contributed by atoms with van der Waals surface area (Å²) in [5.74, 6) is 2.40. The number of aliphatic hydroxyl groups is 1. The van der Waals surface area contributed by atoms with Gasteiger partial charge in [-0.25, -0.2) is 0 Å². The van der Waals surface area contributed by atoms with Gasteiger partial charge in [-0.2, -0.15) is 0 Å². The Labute approximate surface area is 75.5 Å². The molecule has 0 amide bonds. The van der Waals surface area contributed by atoms with E-state index in [-0.39, 0.29) is 11.3 Å². The van der Waals surface area contributed by atoms with Gasteiger partial charge >= 0.3 is 0 Å². The van der Waals surface area contributed by atoms with Crippen LogP contribution in [0.4, 0.5) is 0 Å². The third-order valence-corrected chi connectivity index (χ3v) is 1.82. The molecule has 0 aliphatic carbocycles. The molecule has 0 aromatic rings. The second-order valence-corrected chi connectivity index (χ2v) is 4.03. The van der Waals surface area contributed by atoms with Crippen molar-refractivity contribution in [2.24, 2.45) is 11.3 Å². The molecule has 0 unspecified atom stereocenters. The fourth-order valence-electron chi connectivity index (χ4n) is 0.998. The van der Waals surface area contributed by atoms with Crippen LogP contribution < -0.4 is 0 Å². The van der Waals surface area contributed by atoms with Crippen LogP contribution in [0, 0.1) is 23.7 Å². The molecule has 2 atom stereocenters. The quantitative estimate of drug-likeness (QED) is 0.492. The smallest absolute Gasteiger partial charge is 0.0760 e. The normalized spacial score (nSPS) is 17.3. The fourth-order valence-corrected chi connectivity index (χ4v) is 0.998. The Morgan fingerprint density at radius 2 is 1.92 bits per heavy atom. The number of terminal acetylenes is 1. The van der Waals surface area contributed by atoms with Gasteiger partial charge in [0.05, 0.1) is 12.0 Å². The topological polar surface area (TPSA) is 20.2 Å². The average Bonchev–Trinajstić information content (AvgIpc) is 1.97. The minimum atomic E-state index is -0.473. The Hall–Kier alpha value is -0.740. The Bertz CT molecular complexity index is 190. The molecule has 0 radical (unpaired) electrons. The Balaban J connectivity index is 4.45. The Morgan fingerprint density at radius 3 is 2.17 bits per heavy atom. The molecule has 0 fully saturated rings. The van der Waals surface area contributed by atoms with Crippen molar-refractivity contribution in [3.63, 3.8) is 0 Å². The maximum absolute atomic E-state index is 9.78. The van der Waals surface area contributed by atoms with E-state index in [2.05, 4.69) is 5.92 Å². The van der Waals surface area contributed by atoms with Gasteiger partial charge in [-0.3, -0.25) is 0 Å². The lowest BCUT2D eigenvalue weighted by molar-refractivity contribution is 0.0448. The highest BCUT2D eigenvalue weighted by molar-refractivity contribution is 5.09. The minimum Gasteiger partial charge on any atom is -0.391 e. The minimum absolute atomic E-state index is 0.156. The van der Waals surface area contributed by atoms with Crippen LogP contribution in [0.2, 0.25) is 0 Å². The predicted octanol–water partition coefficient (Wildman–Crippen LogP) is 2.22. The fraction of sp³-hybridized carbons (Fsp3) is 0.636. The van der Waals surface area contributed by atoms with Gasteiger partial charge in [-0.15, -0.1) is 6.42 Å². The standard InChI is InChI=1S/C11H18O/c1-6-8-9(7-2)10(12)11(3,4)5/h2,6,8-10,12H,1,3-5H3/b8-6+/t9-,10+/m0/s1. The number of hydrogen-bond acceptors (Lipinski definition) is 1. The number of hydrogen-bond donors (Lipinski definition) is 1. The maximum Gasteiger partial charge on any atom is 0.0760 e. The van der Waals surface area contributed by atoms with Crippen LogP contribution in [0.1, 0.15) is 27.7 Å². The first-order chi connectivity index (χ1) is 5.43. The summed E-state index contributed by atoms with van der Waals surface area (Å²) in [5, 5.41) is 9.78. The van der Waals surface area contributed by atoms with Gasteiger partial charge in [0, 0.05) is 0 Å². The molecule has 0 saturated heterocycles. The summed E-state index contributed by atoms with van der Waals surface area (Å²) in [6.45, 7) is 7.84. The molecule has 0 spiro atoms. The summed E-state index contributed by atoms with van der Waals surface area (Å²) in [6.07, 6.45) is 8.55. The van der Waals surface area contributed by atoms with Crippen LogP contribution in [0.3, 0.4) is 0 Å². The van der Waals surface area contributed by atoms with E-state index < -0.39 is 6.10 Å². The average molecular weight is 166 g/mol. The zero-order valence-corrected chi connectivity index (χ0v) is 8.33. The van der Waals surface area contributed by atoms with Crippen LogP contribution >= 0.6 is 0 Å². The van der Waals surface area contributed by atoms with Crippen LogP contribution in [-0.2, 0) is 0 Å². The second-order valence-electron chi connectivity index (χ2n) is 4.03. The van der Waals surface area contributed by atoms with Gasteiger partial charge in [0.25, 0.3) is 0 Å². The van der Waals surface area contributed by atoms with E-state index in [9.17, 15) is 5.11 Å². The molecule has 12 heavy (non-hydrogen) atoms. The predicted molar refractivity (Wildman–Crippen MR) is 52.6 cm³/mol. The Kier molecular flexibility index (Phi) is 4.06. The molecule has 0 aliphatic heterocycles. The van der Waals surface area contributed by atoms with Crippen LogP contribution in [0.5, 0.6) is 0 Å². The molecule has 0 heterocycles. The van der Waals surface area contributed by atoms with E-state index in [4.69, 9.17) is 6.42 Å². The lowest BCUT2D eigenvalue weighted by Gasteiger charge is -2.28. The van der Waals surface area contributed by atoms with Gasteiger partial charge in [0.15, 0.2) is 0 Å². The zero-order valence-electron chi connectivity index (χ0n) is 8.33. The highest BCUT2D eigenvalue weighted by Gasteiger charge is 2.27. The first-order valence-corrected chi connectivity index (χ1v) is 4.20. The molecule has 68 valence electrons. The number of allylic oxidation sites excluding steroid dienone is 1. The number of aliphatic hydroxyl groups excluding tert-OH is 1. The molecule has 1 N–H and O–H groups in total. The van der Waals surface area contributed by atoms with Crippen molar-refractivity contribution in [2.75, 3.05) is 0 Å². The Morgan fingerprint density at radius 1 is 1.42 bits per heavy atom. The van der Waals surface area contributed by atoms with Crippen molar-refractivity contribution >= 4 is 0 Å². The summed E-state index contributed by atoms with van der Waals surface area (Å²) in [7, 11) is 0. The van der Waals surface area contributed by atoms with E-state index in [1.54, 1.807) is 0 Å². The van der Waals surface area contributed by atoms with Crippen LogP contribution in [0.15, 0.2) is 12.2 Å². The largest absolute Gasteiger partial charge is 0.391 e. The van der Waals surface area contributed by atoms with Crippen molar-refractivity contribution in [1.29, 1.82) is 0 Å². The second kappa shape index (κ2) is 4.33. The molecule has 1 heteroatoms. The van der Waals surface area contributed by atoms with E-state index in [0.29, 0.717) is 0 Å². The van der Waals surface area contributed by atoms with Crippen molar-refractivity contribution in [3.8, 4) is 12.3 Å². The third kappa shape index (κ3) is 3.11. The van der Waals surface area contributed by atoms with E-state index in [1.165, 1.54) is 0 Å². The van der Waals surface area contributed by atoms with Gasteiger partial charge < -0.3 is 5.11 Å². The molecule has 0 bridgehead atoms. The summed E-state index contributed by atoms with van der Waals surface area (Å²) in [4.78, 5) is 0. The SMILES string of the molecule is C#C[C@@H](/C=C/C)[C@@H](O)C(C)(C)C. The molecule has 0 rings (SSSR count). The van der Waals surface area contributed by atoms with Crippen LogP contribution in [0.25, 0.3) is 0 Å². The summed E-state index contributed by atoms with van der Waals surface area (Å²) < 4.78 is 0. The van der Waals surface area contributed by atoms with Crippen LogP contribution in [-0.4, -0.2) is 11.2 Å². The summed E-state index contributed by atoms with van der Waals surface area (Å²) in [6, 6.07) is 0. The van der Waals surface area contributed by atoms with Gasteiger partial charge in [-0.05, 0) is 12.3 Å². The highest BCUT2D eigenvalue weighted by Crippen LogP contribution is 2.25. The van der Waals surface area contributed by atoms with Crippen molar-refractivity contribution < 1.29 is 5.11 Å². The summed E-state index contributed by atoms with van der Waals surface area (Å²) in [5.41, 5.74) is -0.156. The van der Waals surface area contributed by atoms with Gasteiger partial charge in [0.1, 0.15) is 0 Å². The van der Waals surface area contributed by atoms with E-state index >= 15 is 0 Å². The first kappa shape index (κ1) is 11.3. The lowest BCUT2D eigenvalue weighted by Crippen LogP contribution is -2.32. The molecule has 0 aromatic carbocycles. The molecule has 1 nitrogen and oxygen atoms in total. The highest BCUT2D eigenvalue weighted by atomic mass is 16.3. The summed E-state index contributed by atoms with van der Waals surface area (Å²) >= 11 is 0.